The standard InChI is InChI=1S/C22H30N4O4/c1-18-4-3-5-19(14-18)17-23-25-21-15-20(26-6-8-28-9-7-26)16-22(24-21)30-13-12-29-11-10-27-2/h3-5,14-17H,6-13H2,1-2H3,(H,24,25). The number of hydrogen-bond acceptors (Lipinski definition) is 8. The van der Waals surface area contributed by atoms with Crippen LogP contribution in [0.4, 0.5) is 11.5 Å². The molecular formula is C22H30N4O4. The maximum Gasteiger partial charge on any atom is 0.217 e. The van der Waals surface area contributed by atoms with E-state index in [4.69, 9.17) is 18.9 Å². The molecule has 1 aromatic carbocycles. The van der Waals surface area contributed by atoms with Crippen LogP contribution in [0, 0.1) is 6.92 Å². The normalized spacial score (nSPS) is 14.3. The van der Waals surface area contributed by atoms with Crippen molar-refractivity contribution in [2.45, 2.75) is 6.92 Å². The molecule has 30 heavy (non-hydrogen) atoms. The second-order valence-corrected chi connectivity index (χ2v) is 6.89. The van der Waals surface area contributed by atoms with E-state index in [0.29, 0.717) is 51.3 Å². The first-order valence-corrected chi connectivity index (χ1v) is 10.1. The molecule has 162 valence electrons. The Hall–Kier alpha value is -2.68. The van der Waals surface area contributed by atoms with Gasteiger partial charge in [-0.1, -0.05) is 29.8 Å². The molecule has 1 aromatic heterocycles. The highest BCUT2D eigenvalue weighted by Crippen LogP contribution is 2.24. The van der Waals surface area contributed by atoms with Gasteiger partial charge in [-0.3, -0.25) is 5.43 Å². The largest absolute Gasteiger partial charge is 0.475 e. The number of hydrogen-bond donors (Lipinski definition) is 1. The molecule has 0 aliphatic carbocycles. The van der Waals surface area contributed by atoms with Crippen LogP contribution in [0.15, 0.2) is 41.5 Å². The number of methoxy groups -OCH3 is 1. The molecule has 0 spiro atoms. The first-order chi connectivity index (χ1) is 14.7. The number of pyridine rings is 1. The number of nitrogens with one attached hydrogen (secondary N) is 1. The van der Waals surface area contributed by atoms with Crippen molar-refractivity contribution in [1.82, 2.24) is 4.98 Å². The molecule has 0 radical (unpaired) electrons. The second-order valence-electron chi connectivity index (χ2n) is 6.89. The van der Waals surface area contributed by atoms with Gasteiger partial charge >= 0.3 is 0 Å². The predicted molar refractivity (Wildman–Crippen MR) is 118 cm³/mol. The molecule has 8 nitrogen and oxygen atoms in total. The fraction of sp³-hybridized carbons (Fsp3) is 0.455. The molecular weight excluding hydrogens is 384 g/mol. The van der Waals surface area contributed by atoms with Crippen molar-refractivity contribution in [3.8, 4) is 5.88 Å². The van der Waals surface area contributed by atoms with Gasteiger partial charge < -0.3 is 23.8 Å². The fourth-order valence-electron chi connectivity index (χ4n) is 3.00. The lowest BCUT2D eigenvalue weighted by Gasteiger charge is -2.29. The highest BCUT2D eigenvalue weighted by atomic mass is 16.5. The van der Waals surface area contributed by atoms with Crippen LogP contribution in [0.2, 0.25) is 0 Å². The Bertz CT molecular complexity index is 809. The van der Waals surface area contributed by atoms with Crippen molar-refractivity contribution >= 4 is 17.7 Å². The van der Waals surface area contributed by atoms with E-state index < -0.39 is 0 Å². The smallest absolute Gasteiger partial charge is 0.217 e. The molecule has 8 heteroatoms. The van der Waals surface area contributed by atoms with E-state index in [0.717, 1.165) is 24.3 Å². The van der Waals surface area contributed by atoms with Gasteiger partial charge in [0.25, 0.3) is 0 Å². The molecule has 0 bridgehead atoms. The summed E-state index contributed by atoms with van der Waals surface area (Å²) < 4.78 is 21.7. The minimum Gasteiger partial charge on any atom is -0.475 e. The van der Waals surface area contributed by atoms with Crippen LogP contribution in [-0.2, 0) is 14.2 Å². The summed E-state index contributed by atoms with van der Waals surface area (Å²) in [4.78, 5) is 6.78. The number of hydrazone groups is 1. The summed E-state index contributed by atoms with van der Waals surface area (Å²) >= 11 is 0. The summed E-state index contributed by atoms with van der Waals surface area (Å²) in [7, 11) is 1.65. The van der Waals surface area contributed by atoms with Gasteiger partial charge in [0.2, 0.25) is 5.88 Å². The van der Waals surface area contributed by atoms with Gasteiger partial charge in [-0.05, 0) is 12.5 Å². The quantitative estimate of drug-likeness (QED) is 0.344. The predicted octanol–water partition coefficient (Wildman–Crippen LogP) is 2.71. The van der Waals surface area contributed by atoms with Crippen molar-refractivity contribution in [3.63, 3.8) is 0 Å². The van der Waals surface area contributed by atoms with Crippen molar-refractivity contribution in [1.29, 1.82) is 0 Å². The molecule has 3 rings (SSSR count). The Labute approximate surface area is 177 Å². The molecule has 2 aromatic rings. The molecule has 2 heterocycles. The average molecular weight is 415 g/mol. The van der Waals surface area contributed by atoms with Gasteiger partial charge in [-0.2, -0.15) is 10.1 Å². The number of aryl methyl sites for hydroxylation is 1. The Morgan fingerprint density at radius 1 is 1.13 bits per heavy atom. The van der Waals surface area contributed by atoms with E-state index in [9.17, 15) is 0 Å². The number of ether oxygens (including phenoxy) is 4. The van der Waals surface area contributed by atoms with Crippen LogP contribution in [0.25, 0.3) is 0 Å². The van der Waals surface area contributed by atoms with E-state index in [2.05, 4.69) is 39.5 Å². The Morgan fingerprint density at radius 3 is 2.77 bits per heavy atom. The average Bonchev–Trinajstić information content (AvgIpc) is 2.77. The number of benzene rings is 1. The van der Waals surface area contributed by atoms with Gasteiger partial charge in [-0.15, -0.1) is 0 Å². The van der Waals surface area contributed by atoms with Gasteiger partial charge in [0.05, 0.1) is 39.2 Å². The third kappa shape index (κ3) is 7.29. The summed E-state index contributed by atoms with van der Waals surface area (Å²) in [6, 6.07) is 12.1. The van der Waals surface area contributed by atoms with Gasteiger partial charge in [0.15, 0.2) is 5.82 Å². The lowest BCUT2D eigenvalue weighted by Crippen LogP contribution is -2.36. The summed E-state index contributed by atoms with van der Waals surface area (Å²) in [6.07, 6.45) is 1.78. The first-order valence-electron chi connectivity index (χ1n) is 10.1. The van der Waals surface area contributed by atoms with Crippen LogP contribution in [0.5, 0.6) is 5.88 Å². The molecule has 0 unspecified atom stereocenters. The zero-order valence-electron chi connectivity index (χ0n) is 17.7. The summed E-state index contributed by atoms with van der Waals surface area (Å²) in [5.74, 6) is 1.15. The zero-order valence-corrected chi connectivity index (χ0v) is 17.7. The highest BCUT2D eigenvalue weighted by molar-refractivity contribution is 5.80. The Morgan fingerprint density at radius 2 is 1.97 bits per heavy atom. The molecule has 1 N–H and O–H groups in total. The zero-order chi connectivity index (χ0) is 21.0. The van der Waals surface area contributed by atoms with Gasteiger partial charge in [0.1, 0.15) is 6.61 Å². The van der Waals surface area contributed by atoms with E-state index in [1.54, 1.807) is 13.3 Å². The SMILES string of the molecule is COCCOCCOc1cc(N2CCOCC2)cc(NN=Cc2cccc(C)c2)n1. The number of anilines is 2. The van der Waals surface area contributed by atoms with Crippen LogP contribution in [-0.4, -0.2) is 71.0 Å². The maximum absolute atomic E-state index is 5.81. The topological polar surface area (TPSA) is 77.4 Å². The molecule has 0 amide bonds. The third-order valence-corrected chi connectivity index (χ3v) is 4.51. The van der Waals surface area contributed by atoms with E-state index >= 15 is 0 Å². The second kappa shape index (κ2) is 12.1. The van der Waals surface area contributed by atoms with Crippen molar-refractivity contribution in [2.24, 2.45) is 5.10 Å². The van der Waals surface area contributed by atoms with Crippen molar-refractivity contribution < 1.29 is 18.9 Å². The number of aromatic nitrogens is 1. The van der Waals surface area contributed by atoms with Crippen LogP contribution < -0.4 is 15.1 Å². The fourth-order valence-corrected chi connectivity index (χ4v) is 3.00. The minimum atomic E-state index is 0.412. The third-order valence-electron chi connectivity index (χ3n) is 4.51. The molecule has 1 saturated heterocycles. The monoisotopic (exact) mass is 414 g/mol. The van der Waals surface area contributed by atoms with Gasteiger partial charge in [-0.25, -0.2) is 0 Å². The number of rotatable bonds is 11. The molecule has 1 fully saturated rings. The summed E-state index contributed by atoms with van der Waals surface area (Å²) in [6.45, 7) is 7.13. The van der Waals surface area contributed by atoms with E-state index in [1.807, 2.05) is 24.3 Å². The van der Waals surface area contributed by atoms with Crippen LogP contribution >= 0.6 is 0 Å². The molecule has 0 atom stereocenters. The first kappa shape index (κ1) is 22.0. The lowest BCUT2D eigenvalue weighted by atomic mass is 10.2. The summed E-state index contributed by atoms with van der Waals surface area (Å²) in [5, 5.41) is 4.34. The van der Waals surface area contributed by atoms with Crippen molar-refractivity contribution in [2.75, 3.05) is 70.2 Å². The Kier molecular flexibility index (Phi) is 8.89. The summed E-state index contributed by atoms with van der Waals surface area (Å²) in [5.41, 5.74) is 6.26. The van der Waals surface area contributed by atoms with Crippen LogP contribution in [0.3, 0.4) is 0 Å². The van der Waals surface area contributed by atoms with E-state index in [1.165, 1.54) is 5.56 Å². The van der Waals surface area contributed by atoms with Crippen molar-refractivity contribution in [3.05, 3.63) is 47.5 Å². The number of morpholine rings is 1. The van der Waals surface area contributed by atoms with Crippen LogP contribution in [0.1, 0.15) is 11.1 Å². The number of nitrogens with zero attached hydrogens (tertiary/aromatic N) is 3. The molecule has 1 aliphatic rings. The van der Waals surface area contributed by atoms with E-state index in [-0.39, 0.29) is 0 Å². The molecule has 1 aliphatic heterocycles. The Balaban J connectivity index is 1.65. The molecule has 0 saturated carbocycles. The van der Waals surface area contributed by atoms with Gasteiger partial charge in [0, 0.05) is 38.0 Å². The maximum atomic E-state index is 5.81. The highest BCUT2D eigenvalue weighted by Gasteiger charge is 2.14. The minimum absolute atomic E-state index is 0.412. The lowest BCUT2D eigenvalue weighted by molar-refractivity contribution is 0.0537.